The van der Waals surface area contributed by atoms with Gasteiger partial charge < -0.3 is 22.1 Å². The van der Waals surface area contributed by atoms with Gasteiger partial charge in [-0.1, -0.05) is 25.7 Å². The number of nitrogens with one attached hydrogen (secondary N) is 2. The molecule has 2 heterocycles. The van der Waals surface area contributed by atoms with Gasteiger partial charge in [-0.25, -0.2) is 0 Å². The molecule has 0 radical (unpaired) electrons. The van der Waals surface area contributed by atoms with Crippen LogP contribution in [-0.2, 0) is 35.3 Å². The lowest BCUT2D eigenvalue weighted by molar-refractivity contribution is -0.118. The van der Waals surface area contributed by atoms with E-state index in [1.807, 2.05) is 0 Å². The summed E-state index contributed by atoms with van der Waals surface area (Å²) >= 11 is 2.94. The van der Waals surface area contributed by atoms with Crippen LogP contribution < -0.4 is 22.1 Å². The van der Waals surface area contributed by atoms with Gasteiger partial charge in [-0.05, 0) is 75.3 Å². The molecule has 4 amide bonds. The van der Waals surface area contributed by atoms with Crippen molar-refractivity contribution in [3.8, 4) is 0 Å². The van der Waals surface area contributed by atoms with Gasteiger partial charge in [0.05, 0.1) is 11.1 Å². The molecule has 4 rings (SSSR count). The molecule has 0 saturated heterocycles. The van der Waals surface area contributed by atoms with Gasteiger partial charge in [0, 0.05) is 22.6 Å². The highest BCUT2D eigenvalue weighted by Gasteiger charge is 2.25. The summed E-state index contributed by atoms with van der Waals surface area (Å²) in [4.78, 5) is 52.0. The number of amides is 4. The Balaban J connectivity index is 1.29. The molecule has 0 atom stereocenters. The Morgan fingerprint density at radius 2 is 0.947 bits per heavy atom. The van der Waals surface area contributed by atoms with Crippen LogP contribution in [0.25, 0.3) is 0 Å². The van der Waals surface area contributed by atoms with Crippen molar-refractivity contribution in [1.82, 2.24) is 0 Å². The van der Waals surface area contributed by atoms with Crippen LogP contribution in [0.2, 0.25) is 0 Å². The molecule has 0 unspecified atom stereocenters. The highest BCUT2D eigenvalue weighted by molar-refractivity contribution is 7.17. The number of unbranched alkanes of at least 4 members (excludes halogenated alkanes) is 1. The molecule has 0 bridgehead atoms. The Labute approximate surface area is 231 Å². The molecule has 206 valence electrons. The van der Waals surface area contributed by atoms with Gasteiger partial charge in [0.15, 0.2) is 0 Å². The zero-order chi connectivity index (χ0) is 27.1. The number of carbonyl (C=O) groups is 4. The molecule has 2 aromatic heterocycles. The van der Waals surface area contributed by atoms with Crippen molar-refractivity contribution in [2.45, 2.75) is 103 Å². The van der Waals surface area contributed by atoms with Crippen molar-refractivity contribution in [1.29, 1.82) is 0 Å². The average Bonchev–Trinajstić information content (AvgIpc) is 3.33. The minimum absolute atomic E-state index is 0.184. The van der Waals surface area contributed by atoms with E-state index in [-0.39, 0.29) is 24.7 Å². The van der Waals surface area contributed by atoms with Crippen LogP contribution >= 0.6 is 22.7 Å². The van der Waals surface area contributed by atoms with E-state index in [1.54, 1.807) is 0 Å². The summed E-state index contributed by atoms with van der Waals surface area (Å²) in [5, 5.41) is 6.92. The minimum Gasteiger partial charge on any atom is -0.365 e. The Kier molecular flexibility index (Phi) is 9.96. The molecule has 0 aromatic carbocycles. The standard InChI is InChI=1S/C28H38N4O4S2/c29-25(35)23-17-11-5-1-3-7-13-19(17)37-27(23)31-21(33)15-9-10-16-22(34)32-28-24(26(30)36)18-12-6-2-4-8-14-20(18)38-28/h1-16H2,(H2,29,35)(H2,30,36)(H,31,33)(H,32,34). The maximum absolute atomic E-state index is 12.7. The molecule has 2 aromatic rings. The van der Waals surface area contributed by atoms with Crippen LogP contribution in [0.15, 0.2) is 0 Å². The Morgan fingerprint density at radius 3 is 1.32 bits per heavy atom. The number of thiophene rings is 2. The molecular weight excluding hydrogens is 520 g/mol. The van der Waals surface area contributed by atoms with E-state index >= 15 is 0 Å². The monoisotopic (exact) mass is 558 g/mol. The summed E-state index contributed by atoms with van der Waals surface area (Å²) in [7, 11) is 0. The van der Waals surface area contributed by atoms with E-state index in [4.69, 9.17) is 11.5 Å². The number of fused-ring (bicyclic) bond motifs is 2. The molecular formula is C28H38N4O4S2. The smallest absolute Gasteiger partial charge is 0.251 e. The number of nitrogens with two attached hydrogens (primary N) is 2. The lowest BCUT2D eigenvalue weighted by Crippen LogP contribution is -2.19. The topological polar surface area (TPSA) is 144 Å². The lowest BCUT2D eigenvalue weighted by Gasteiger charge is -2.10. The fourth-order valence-corrected chi connectivity index (χ4v) is 8.11. The largest absolute Gasteiger partial charge is 0.365 e. The summed E-state index contributed by atoms with van der Waals surface area (Å²) in [6.45, 7) is 0. The highest BCUT2D eigenvalue weighted by Crippen LogP contribution is 2.38. The molecule has 0 saturated carbocycles. The molecule has 0 fully saturated rings. The minimum atomic E-state index is -0.494. The molecule has 8 nitrogen and oxygen atoms in total. The summed E-state index contributed by atoms with van der Waals surface area (Å²) < 4.78 is 0. The van der Waals surface area contributed by atoms with Gasteiger partial charge in [0.1, 0.15) is 10.0 Å². The van der Waals surface area contributed by atoms with E-state index in [2.05, 4.69) is 10.6 Å². The van der Waals surface area contributed by atoms with Crippen LogP contribution in [0.1, 0.15) is 119 Å². The number of rotatable bonds is 9. The number of aryl methyl sites for hydroxylation is 2. The first-order valence-electron chi connectivity index (χ1n) is 13.8. The lowest BCUT2D eigenvalue weighted by atomic mass is 9.96. The Morgan fingerprint density at radius 1 is 0.579 bits per heavy atom. The van der Waals surface area contributed by atoms with E-state index in [9.17, 15) is 19.2 Å². The maximum Gasteiger partial charge on any atom is 0.251 e. The molecule has 10 heteroatoms. The van der Waals surface area contributed by atoms with Crippen LogP contribution in [-0.4, -0.2) is 23.6 Å². The quantitative estimate of drug-likeness (QED) is 0.303. The average molecular weight is 559 g/mol. The molecule has 6 N–H and O–H groups in total. The van der Waals surface area contributed by atoms with Crippen LogP contribution in [0.3, 0.4) is 0 Å². The Bertz CT molecular complexity index is 1110. The molecule has 38 heavy (non-hydrogen) atoms. The predicted octanol–water partition coefficient (Wildman–Crippen LogP) is 5.46. The first-order valence-corrected chi connectivity index (χ1v) is 15.5. The first-order chi connectivity index (χ1) is 18.3. The van der Waals surface area contributed by atoms with Crippen LogP contribution in [0, 0.1) is 0 Å². The van der Waals surface area contributed by atoms with Crippen molar-refractivity contribution in [2.24, 2.45) is 11.5 Å². The van der Waals surface area contributed by atoms with Gasteiger partial charge >= 0.3 is 0 Å². The van der Waals surface area contributed by atoms with E-state index in [0.29, 0.717) is 34.0 Å². The number of hydrogen-bond donors (Lipinski definition) is 4. The SMILES string of the molecule is NC(=O)c1c(NC(=O)CCCCC(=O)Nc2sc3c(c2C(N)=O)CCCCCC3)sc2c1CCCCCC2. The van der Waals surface area contributed by atoms with Crippen molar-refractivity contribution in [3.05, 3.63) is 32.0 Å². The summed E-state index contributed by atoms with van der Waals surface area (Å²) in [5.41, 5.74) is 14.3. The highest BCUT2D eigenvalue weighted by atomic mass is 32.1. The molecule has 0 spiro atoms. The summed E-state index contributed by atoms with van der Waals surface area (Å²) in [6, 6.07) is 0. The van der Waals surface area contributed by atoms with Gasteiger partial charge in [-0.2, -0.15) is 0 Å². The second kappa shape index (κ2) is 13.4. The molecule has 0 aliphatic heterocycles. The second-order valence-corrected chi connectivity index (χ2v) is 12.5. The van der Waals surface area contributed by atoms with Crippen molar-refractivity contribution in [3.63, 3.8) is 0 Å². The van der Waals surface area contributed by atoms with Crippen molar-refractivity contribution >= 4 is 56.3 Å². The molecule has 2 aliphatic carbocycles. The molecule has 2 aliphatic rings. The Hall–Kier alpha value is -2.72. The third kappa shape index (κ3) is 7.02. The van der Waals surface area contributed by atoms with Gasteiger partial charge in [0.25, 0.3) is 11.8 Å². The number of primary amides is 2. The van der Waals surface area contributed by atoms with Gasteiger partial charge in [0.2, 0.25) is 11.8 Å². The number of anilines is 2. The first kappa shape index (κ1) is 28.3. The summed E-state index contributed by atoms with van der Waals surface area (Å²) in [6.07, 6.45) is 13.8. The zero-order valence-electron chi connectivity index (χ0n) is 21.9. The predicted molar refractivity (Wildman–Crippen MR) is 153 cm³/mol. The van der Waals surface area contributed by atoms with Gasteiger partial charge in [-0.3, -0.25) is 19.2 Å². The second-order valence-electron chi connectivity index (χ2n) is 10.3. The number of carbonyl (C=O) groups excluding carboxylic acids is 4. The van der Waals surface area contributed by atoms with E-state index < -0.39 is 11.8 Å². The number of hydrogen-bond acceptors (Lipinski definition) is 6. The van der Waals surface area contributed by atoms with Crippen LogP contribution in [0.5, 0.6) is 0 Å². The third-order valence-electron chi connectivity index (χ3n) is 7.40. The van der Waals surface area contributed by atoms with E-state index in [1.165, 1.54) is 35.5 Å². The van der Waals surface area contributed by atoms with Gasteiger partial charge in [-0.15, -0.1) is 22.7 Å². The normalized spacial score (nSPS) is 15.7. The van der Waals surface area contributed by atoms with Crippen LogP contribution in [0.4, 0.5) is 10.0 Å². The summed E-state index contributed by atoms with van der Waals surface area (Å²) in [5.74, 6) is -1.36. The fraction of sp³-hybridized carbons (Fsp3) is 0.571. The fourth-order valence-electron chi connectivity index (χ4n) is 5.49. The van der Waals surface area contributed by atoms with Crippen molar-refractivity contribution in [2.75, 3.05) is 10.6 Å². The maximum atomic E-state index is 12.7. The van der Waals surface area contributed by atoms with Crippen molar-refractivity contribution < 1.29 is 19.2 Å². The third-order valence-corrected chi connectivity index (χ3v) is 9.81. The zero-order valence-corrected chi connectivity index (χ0v) is 23.6. The van der Waals surface area contributed by atoms with E-state index in [0.717, 1.165) is 85.1 Å².